The Kier molecular flexibility index (Phi) is 7.49. The van der Waals surface area contributed by atoms with E-state index in [1.807, 2.05) is 0 Å². The van der Waals surface area contributed by atoms with Gasteiger partial charge in [0.05, 0.1) is 10.4 Å². The molecule has 3 N–H and O–H groups in total. The highest BCUT2D eigenvalue weighted by atomic mass is 32.1. The molecule has 0 radical (unpaired) electrons. The molecule has 1 rings (SSSR count). The lowest BCUT2D eigenvalue weighted by Crippen LogP contribution is -2.47. The number of carbonyl (C=O) groups is 1. The summed E-state index contributed by atoms with van der Waals surface area (Å²) in [7, 11) is 0. The number of nitrogens with two attached hydrogens (primary N) is 1. The van der Waals surface area contributed by atoms with Crippen LogP contribution in [0.25, 0.3) is 0 Å². The number of hydrogen-bond donors (Lipinski definition) is 2. The summed E-state index contributed by atoms with van der Waals surface area (Å²) >= 11 is 5.12. The summed E-state index contributed by atoms with van der Waals surface area (Å²) in [5.74, 6) is 0.854. The monoisotopic (exact) mass is 298 g/mol. The van der Waals surface area contributed by atoms with E-state index < -0.39 is 5.41 Å². The van der Waals surface area contributed by atoms with Gasteiger partial charge in [0.1, 0.15) is 0 Å². The van der Waals surface area contributed by atoms with E-state index >= 15 is 0 Å². The highest BCUT2D eigenvalue weighted by Crippen LogP contribution is 2.38. The predicted molar refractivity (Wildman–Crippen MR) is 88.6 cm³/mol. The van der Waals surface area contributed by atoms with E-state index in [1.165, 1.54) is 25.7 Å². The summed E-state index contributed by atoms with van der Waals surface area (Å²) < 4.78 is 0. The SMILES string of the molecule is CC(C)CCCCCCNC(=O)C1(C(N)=S)CCCC1. The maximum absolute atomic E-state index is 12.3. The summed E-state index contributed by atoms with van der Waals surface area (Å²) in [5.41, 5.74) is 5.25. The third-order valence-electron chi connectivity index (χ3n) is 4.36. The summed E-state index contributed by atoms with van der Waals surface area (Å²) in [6.45, 7) is 5.28. The van der Waals surface area contributed by atoms with Crippen molar-refractivity contribution in [3.8, 4) is 0 Å². The highest BCUT2D eigenvalue weighted by molar-refractivity contribution is 7.80. The molecule has 1 saturated carbocycles. The second-order valence-electron chi connectivity index (χ2n) is 6.51. The van der Waals surface area contributed by atoms with Crippen molar-refractivity contribution in [2.45, 2.75) is 71.6 Å². The molecule has 0 bridgehead atoms. The standard InChI is InChI=1S/C16H30N2OS/c1-13(2)9-5-3-4-8-12-18-15(19)16(14(17)20)10-6-7-11-16/h13H,3-12H2,1-2H3,(H2,17,20)(H,18,19). The van der Waals surface area contributed by atoms with Crippen LogP contribution in [0.5, 0.6) is 0 Å². The van der Waals surface area contributed by atoms with Gasteiger partial charge in [-0.05, 0) is 25.2 Å². The minimum absolute atomic E-state index is 0.0599. The van der Waals surface area contributed by atoms with Gasteiger partial charge >= 0.3 is 0 Å². The topological polar surface area (TPSA) is 55.1 Å². The number of carbonyl (C=O) groups excluding carboxylic acids is 1. The molecular formula is C16H30N2OS. The molecule has 20 heavy (non-hydrogen) atoms. The zero-order valence-corrected chi connectivity index (χ0v) is 13.9. The van der Waals surface area contributed by atoms with Crippen LogP contribution in [0.15, 0.2) is 0 Å². The van der Waals surface area contributed by atoms with Crippen LogP contribution in [0.2, 0.25) is 0 Å². The molecule has 3 nitrogen and oxygen atoms in total. The number of unbranched alkanes of at least 4 members (excludes halogenated alkanes) is 3. The van der Waals surface area contributed by atoms with Crippen LogP contribution in [0.3, 0.4) is 0 Å². The van der Waals surface area contributed by atoms with Gasteiger partial charge in [0.25, 0.3) is 0 Å². The second-order valence-corrected chi connectivity index (χ2v) is 6.95. The molecule has 0 aliphatic heterocycles. The van der Waals surface area contributed by atoms with Crippen LogP contribution in [-0.2, 0) is 4.79 Å². The maximum atomic E-state index is 12.3. The fourth-order valence-electron chi connectivity index (χ4n) is 2.97. The molecule has 0 saturated heterocycles. The Balaban J connectivity index is 2.18. The van der Waals surface area contributed by atoms with E-state index in [2.05, 4.69) is 19.2 Å². The molecule has 0 heterocycles. The van der Waals surface area contributed by atoms with Gasteiger partial charge in [-0.3, -0.25) is 4.79 Å². The molecule has 0 unspecified atom stereocenters. The van der Waals surface area contributed by atoms with Gasteiger partial charge in [-0.15, -0.1) is 0 Å². The van der Waals surface area contributed by atoms with E-state index in [1.54, 1.807) is 0 Å². The van der Waals surface area contributed by atoms with Crippen molar-refractivity contribution in [1.82, 2.24) is 5.32 Å². The number of nitrogens with one attached hydrogen (secondary N) is 1. The normalized spacial score (nSPS) is 17.4. The van der Waals surface area contributed by atoms with Gasteiger partial charge in [-0.2, -0.15) is 0 Å². The average Bonchev–Trinajstić information content (AvgIpc) is 2.87. The Labute approximate surface area is 129 Å². The van der Waals surface area contributed by atoms with Gasteiger partial charge in [-0.25, -0.2) is 0 Å². The zero-order chi connectivity index (χ0) is 15.0. The van der Waals surface area contributed by atoms with Crippen molar-refractivity contribution in [2.24, 2.45) is 17.1 Å². The summed E-state index contributed by atoms with van der Waals surface area (Å²) in [6, 6.07) is 0. The molecule has 0 atom stereocenters. The summed E-state index contributed by atoms with van der Waals surface area (Å²) in [5, 5.41) is 3.04. The van der Waals surface area contributed by atoms with Crippen LogP contribution >= 0.6 is 12.2 Å². The number of rotatable bonds is 9. The van der Waals surface area contributed by atoms with Gasteiger partial charge < -0.3 is 11.1 Å². The third-order valence-corrected chi connectivity index (χ3v) is 4.75. The van der Waals surface area contributed by atoms with Crippen molar-refractivity contribution in [3.63, 3.8) is 0 Å². The van der Waals surface area contributed by atoms with Crippen molar-refractivity contribution in [3.05, 3.63) is 0 Å². The lowest BCUT2D eigenvalue weighted by molar-refractivity contribution is -0.127. The first kappa shape index (κ1) is 17.4. The third kappa shape index (κ3) is 5.04. The maximum Gasteiger partial charge on any atom is 0.233 e. The van der Waals surface area contributed by atoms with Crippen molar-refractivity contribution in [2.75, 3.05) is 6.54 Å². The molecule has 0 aromatic heterocycles. The molecule has 4 heteroatoms. The van der Waals surface area contributed by atoms with Crippen molar-refractivity contribution in [1.29, 1.82) is 0 Å². The number of hydrogen-bond acceptors (Lipinski definition) is 2. The smallest absolute Gasteiger partial charge is 0.233 e. The molecule has 1 aliphatic carbocycles. The Morgan fingerprint density at radius 2 is 1.80 bits per heavy atom. The molecule has 0 spiro atoms. The second kappa shape index (κ2) is 8.60. The first-order chi connectivity index (χ1) is 9.49. The van der Waals surface area contributed by atoms with Gasteiger partial charge in [-0.1, -0.05) is 64.6 Å². The molecule has 1 amide bonds. The lowest BCUT2D eigenvalue weighted by Gasteiger charge is -2.26. The Morgan fingerprint density at radius 3 is 2.35 bits per heavy atom. The molecule has 1 fully saturated rings. The number of amides is 1. The Morgan fingerprint density at radius 1 is 1.20 bits per heavy atom. The van der Waals surface area contributed by atoms with Gasteiger partial charge in [0.15, 0.2) is 0 Å². The minimum Gasteiger partial charge on any atom is -0.392 e. The first-order valence-electron chi connectivity index (χ1n) is 8.07. The van der Waals surface area contributed by atoms with Crippen LogP contribution in [0.4, 0.5) is 0 Å². The molecule has 0 aromatic carbocycles. The first-order valence-corrected chi connectivity index (χ1v) is 8.48. The van der Waals surface area contributed by atoms with Crippen LogP contribution in [0, 0.1) is 11.3 Å². The van der Waals surface area contributed by atoms with Gasteiger partial charge in [0.2, 0.25) is 5.91 Å². The molecule has 1 aliphatic rings. The van der Waals surface area contributed by atoms with E-state index in [9.17, 15) is 4.79 Å². The highest BCUT2D eigenvalue weighted by Gasteiger charge is 2.43. The van der Waals surface area contributed by atoms with Crippen LogP contribution in [-0.4, -0.2) is 17.4 Å². The molecular weight excluding hydrogens is 268 g/mol. The number of thiocarbonyl (C=S) groups is 1. The van der Waals surface area contributed by atoms with Gasteiger partial charge in [0, 0.05) is 6.54 Å². The molecule has 116 valence electrons. The van der Waals surface area contributed by atoms with Crippen molar-refractivity contribution < 1.29 is 4.79 Å². The zero-order valence-electron chi connectivity index (χ0n) is 13.0. The fourth-order valence-corrected chi connectivity index (χ4v) is 3.26. The van der Waals surface area contributed by atoms with Crippen molar-refractivity contribution >= 4 is 23.1 Å². The van der Waals surface area contributed by atoms with E-state index in [0.29, 0.717) is 4.99 Å². The molecule has 0 aromatic rings. The predicted octanol–water partition coefficient (Wildman–Crippen LogP) is 3.56. The summed E-state index contributed by atoms with van der Waals surface area (Å²) in [4.78, 5) is 12.7. The average molecular weight is 298 g/mol. The van der Waals surface area contributed by atoms with E-state index in [-0.39, 0.29) is 5.91 Å². The lowest BCUT2D eigenvalue weighted by atomic mass is 9.85. The van der Waals surface area contributed by atoms with E-state index in [4.69, 9.17) is 18.0 Å². The largest absolute Gasteiger partial charge is 0.392 e. The fraction of sp³-hybridized carbons (Fsp3) is 0.875. The van der Waals surface area contributed by atoms with Crippen LogP contribution in [0.1, 0.15) is 71.6 Å². The minimum atomic E-state index is -0.549. The summed E-state index contributed by atoms with van der Waals surface area (Å²) in [6.07, 6.45) is 9.85. The van der Waals surface area contributed by atoms with E-state index in [0.717, 1.165) is 44.6 Å². The van der Waals surface area contributed by atoms with Crippen LogP contribution < -0.4 is 11.1 Å². The Bertz CT molecular complexity index is 322. The quantitative estimate of drug-likeness (QED) is 0.505. The Hall–Kier alpha value is -0.640.